The first-order valence-corrected chi connectivity index (χ1v) is 4.55. The second kappa shape index (κ2) is 4.18. The summed E-state index contributed by atoms with van der Waals surface area (Å²) in [5.74, 6) is 0.0185. The van der Waals surface area contributed by atoms with Crippen molar-refractivity contribution in [3.8, 4) is 0 Å². The van der Waals surface area contributed by atoms with Crippen LogP contribution in [0.5, 0.6) is 0 Å². The highest BCUT2D eigenvalue weighted by Crippen LogP contribution is 2.12. The molecule has 0 spiro atoms. The zero-order valence-electron chi connectivity index (χ0n) is 6.97. The lowest BCUT2D eigenvalue weighted by molar-refractivity contribution is 1.31. The van der Waals surface area contributed by atoms with E-state index in [0.29, 0.717) is 5.71 Å². The van der Waals surface area contributed by atoms with Crippen LogP contribution in [0.25, 0.3) is 0 Å². The minimum atomic E-state index is 0.0185. The molecular formula is C9H10BrN3. The number of halogens is 1. The molecule has 0 aliphatic heterocycles. The predicted octanol–water partition coefficient (Wildman–Crippen LogP) is 2.14. The Morgan fingerprint density at radius 1 is 1.38 bits per heavy atom. The third-order valence-corrected chi connectivity index (χ3v) is 2.03. The van der Waals surface area contributed by atoms with Crippen LogP contribution in [0, 0.1) is 10.8 Å². The Kier molecular flexibility index (Phi) is 3.19. The smallest absolute Gasteiger partial charge is 0.0966 e. The Morgan fingerprint density at radius 3 is 2.62 bits per heavy atom. The first-order chi connectivity index (χ1) is 6.09. The van der Waals surface area contributed by atoms with Gasteiger partial charge in [0.05, 0.1) is 5.84 Å². The fourth-order valence-corrected chi connectivity index (χ4v) is 1.37. The maximum atomic E-state index is 7.62. The molecule has 3 nitrogen and oxygen atoms in total. The summed E-state index contributed by atoms with van der Waals surface area (Å²) >= 11 is 3.32. The van der Waals surface area contributed by atoms with Crippen LogP contribution in [-0.4, -0.2) is 11.5 Å². The molecule has 4 heteroatoms. The summed E-state index contributed by atoms with van der Waals surface area (Å²) in [4.78, 5) is 0. The van der Waals surface area contributed by atoms with Gasteiger partial charge in [-0.1, -0.05) is 28.1 Å². The summed E-state index contributed by atoms with van der Waals surface area (Å²) < 4.78 is 0.929. The molecule has 0 bridgehead atoms. The Balaban J connectivity index is 2.83. The van der Waals surface area contributed by atoms with Crippen molar-refractivity contribution in [2.75, 3.05) is 0 Å². The van der Waals surface area contributed by atoms with E-state index in [1.54, 1.807) is 0 Å². The van der Waals surface area contributed by atoms with Gasteiger partial charge in [-0.15, -0.1) is 0 Å². The number of rotatable bonds is 3. The number of hydrogen-bond acceptors (Lipinski definition) is 2. The summed E-state index contributed by atoms with van der Waals surface area (Å²) in [6.45, 7) is 0. The minimum Gasteiger partial charge on any atom is -0.387 e. The molecule has 1 aromatic rings. The lowest BCUT2D eigenvalue weighted by atomic mass is 10.1. The van der Waals surface area contributed by atoms with Gasteiger partial charge < -0.3 is 11.1 Å². The van der Waals surface area contributed by atoms with E-state index in [-0.39, 0.29) is 12.3 Å². The van der Waals surface area contributed by atoms with Crippen molar-refractivity contribution in [2.45, 2.75) is 6.42 Å². The van der Waals surface area contributed by atoms with Crippen molar-refractivity contribution >= 4 is 27.5 Å². The molecule has 13 heavy (non-hydrogen) atoms. The Hall–Kier alpha value is -1.16. The maximum Gasteiger partial charge on any atom is 0.0966 e. The number of hydrogen-bond donors (Lipinski definition) is 3. The number of amidine groups is 1. The van der Waals surface area contributed by atoms with Crippen LogP contribution in [0.2, 0.25) is 0 Å². The molecule has 1 rings (SSSR count). The average molecular weight is 240 g/mol. The Morgan fingerprint density at radius 2 is 2.08 bits per heavy atom. The zero-order valence-corrected chi connectivity index (χ0v) is 8.56. The highest BCUT2D eigenvalue weighted by Gasteiger charge is 2.02. The fourth-order valence-electron chi connectivity index (χ4n) is 0.969. The van der Waals surface area contributed by atoms with Crippen LogP contribution in [0.4, 0.5) is 0 Å². The molecule has 0 saturated heterocycles. The van der Waals surface area contributed by atoms with E-state index in [1.807, 2.05) is 24.3 Å². The van der Waals surface area contributed by atoms with Crippen molar-refractivity contribution in [3.05, 3.63) is 34.3 Å². The van der Waals surface area contributed by atoms with Gasteiger partial charge in [-0.05, 0) is 17.7 Å². The quantitative estimate of drug-likeness (QED) is 0.549. The van der Waals surface area contributed by atoms with Crippen LogP contribution in [0.1, 0.15) is 12.0 Å². The molecule has 0 unspecified atom stereocenters. The van der Waals surface area contributed by atoms with Gasteiger partial charge in [-0.25, -0.2) is 0 Å². The van der Waals surface area contributed by atoms with Crippen molar-refractivity contribution < 1.29 is 0 Å². The van der Waals surface area contributed by atoms with Gasteiger partial charge in [-0.2, -0.15) is 0 Å². The first-order valence-electron chi connectivity index (χ1n) is 3.76. The van der Waals surface area contributed by atoms with E-state index in [2.05, 4.69) is 15.9 Å². The summed E-state index contributed by atoms with van der Waals surface area (Å²) in [5, 5.41) is 14.7. The van der Waals surface area contributed by atoms with Crippen LogP contribution < -0.4 is 5.73 Å². The van der Waals surface area contributed by atoms with Gasteiger partial charge in [0.25, 0.3) is 0 Å². The Bertz CT molecular complexity index is 346. The van der Waals surface area contributed by atoms with Crippen LogP contribution in [0.3, 0.4) is 0 Å². The predicted molar refractivity (Wildman–Crippen MR) is 57.5 cm³/mol. The summed E-state index contributed by atoms with van der Waals surface area (Å²) in [7, 11) is 0. The second-order valence-electron chi connectivity index (χ2n) is 2.69. The van der Waals surface area contributed by atoms with E-state index in [4.69, 9.17) is 16.6 Å². The molecule has 0 aromatic heterocycles. The van der Waals surface area contributed by atoms with Crippen molar-refractivity contribution in [3.63, 3.8) is 0 Å². The van der Waals surface area contributed by atoms with E-state index in [1.165, 1.54) is 0 Å². The standard InChI is InChI=1S/C9H10BrN3/c10-7-3-1-2-6(4-7)8(11)5-9(12)13/h1-4,11H,5H2,(H3,12,13). The molecule has 0 amide bonds. The van der Waals surface area contributed by atoms with Crippen molar-refractivity contribution in [1.29, 1.82) is 10.8 Å². The van der Waals surface area contributed by atoms with Gasteiger partial charge in [0, 0.05) is 16.6 Å². The van der Waals surface area contributed by atoms with Crippen molar-refractivity contribution in [1.82, 2.24) is 0 Å². The molecule has 1 aromatic carbocycles. The molecule has 0 radical (unpaired) electrons. The average Bonchev–Trinajstić information content (AvgIpc) is 2.03. The summed E-state index contributed by atoms with van der Waals surface area (Å²) in [5.41, 5.74) is 6.36. The number of nitrogens with two attached hydrogens (primary N) is 1. The van der Waals surface area contributed by atoms with E-state index in [9.17, 15) is 0 Å². The fraction of sp³-hybridized carbons (Fsp3) is 0.111. The topological polar surface area (TPSA) is 73.7 Å². The third-order valence-electron chi connectivity index (χ3n) is 1.54. The third kappa shape index (κ3) is 2.99. The van der Waals surface area contributed by atoms with E-state index < -0.39 is 0 Å². The van der Waals surface area contributed by atoms with Gasteiger partial charge in [0.15, 0.2) is 0 Å². The van der Waals surface area contributed by atoms with Crippen LogP contribution in [0.15, 0.2) is 28.7 Å². The molecule has 0 aliphatic rings. The molecule has 4 N–H and O–H groups in total. The number of nitrogens with one attached hydrogen (secondary N) is 2. The summed E-state index contributed by atoms with van der Waals surface area (Å²) in [6.07, 6.45) is 0.205. The van der Waals surface area contributed by atoms with Crippen LogP contribution in [-0.2, 0) is 0 Å². The monoisotopic (exact) mass is 239 g/mol. The molecule has 0 fully saturated rings. The zero-order chi connectivity index (χ0) is 9.84. The first kappa shape index (κ1) is 9.92. The molecule has 0 heterocycles. The largest absolute Gasteiger partial charge is 0.387 e. The van der Waals surface area contributed by atoms with Gasteiger partial charge in [0.1, 0.15) is 0 Å². The highest BCUT2D eigenvalue weighted by atomic mass is 79.9. The van der Waals surface area contributed by atoms with Crippen LogP contribution >= 0.6 is 15.9 Å². The van der Waals surface area contributed by atoms with E-state index in [0.717, 1.165) is 10.0 Å². The van der Waals surface area contributed by atoms with E-state index >= 15 is 0 Å². The van der Waals surface area contributed by atoms with Crippen molar-refractivity contribution in [2.24, 2.45) is 5.73 Å². The van der Waals surface area contributed by atoms with Gasteiger partial charge in [0.2, 0.25) is 0 Å². The molecular weight excluding hydrogens is 230 g/mol. The normalized spacial score (nSPS) is 9.62. The SMILES string of the molecule is N=C(N)CC(=N)c1cccc(Br)c1. The van der Waals surface area contributed by atoms with Gasteiger partial charge in [-0.3, -0.25) is 5.41 Å². The molecule has 68 valence electrons. The molecule has 0 atom stereocenters. The lowest BCUT2D eigenvalue weighted by Gasteiger charge is -2.02. The second-order valence-corrected chi connectivity index (χ2v) is 3.61. The summed E-state index contributed by atoms with van der Waals surface area (Å²) in [6, 6.07) is 7.42. The molecule has 0 aliphatic carbocycles. The lowest BCUT2D eigenvalue weighted by Crippen LogP contribution is -2.15. The Labute approximate surface area is 85.1 Å². The number of benzene rings is 1. The minimum absolute atomic E-state index is 0.0185. The highest BCUT2D eigenvalue weighted by molar-refractivity contribution is 9.10. The maximum absolute atomic E-state index is 7.62. The van der Waals surface area contributed by atoms with Gasteiger partial charge >= 0.3 is 0 Å². The molecule has 0 saturated carbocycles.